The third kappa shape index (κ3) is 3.80. The van der Waals surface area contributed by atoms with Crippen LogP contribution in [-0.4, -0.2) is 42.8 Å². The first-order chi connectivity index (χ1) is 14.8. The lowest BCUT2D eigenvalue weighted by Crippen LogP contribution is -2.43. The van der Waals surface area contributed by atoms with Crippen LogP contribution in [0, 0.1) is 5.82 Å². The van der Waals surface area contributed by atoms with Crippen molar-refractivity contribution in [3.05, 3.63) is 51.9 Å². The Hall–Kier alpha value is -2.19. The molecule has 1 saturated heterocycles. The average molecular weight is 464 g/mol. The van der Waals surface area contributed by atoms with Gasteiger partial charge in [0.15, 0.2) is 9.84 Å². The summed E-state index contributed by atoms with van der Waals surface area (Å²) in [6.45, 7) is 0.196. The Balaban J connectivity index is 1.62. The Bertz CT molecular complexity index is 1130. The molecule has 164 valence electrons. The van der Waals surface area contributed by atoms with E-state index in [0.717, 1.165) is 48.8 Å². The molecule has 6 rings (SSSR count). The van der Waals surface area contributed by atoms with E-state index in [1.807, 2.05) is 0 Å². The Kier molecular flexibility index (Phi) is 5.17. The molecule has 3 aliphatic carbocycles. The van der Waals surface area contributed by atoms with Crippen molar-refractivity contribution in [3.63, 3.8) is 0 Å². The van der Waals surface area contributed by atoms with Crippen molar-refractivity contribution in [3.8, 4) is 0 Å². The lowest BCUT2D eigenvalue weighted by molar-refractivity contribution is -0.119. The number of sulfone groups is 1. The van der Waals surface area contributed by atoms with Gasteiger partial charge in [0.25, 0.3) is 0 Å². The van der Waals surface area contributed by atoms with Gasteiger partial charge in [0.1, 0.15) is 11.6 Å². The van der Waals surface area contributed by atoms with Gasteiger partial charge in [-0.2, -0.15) is 0 Å². The molecule has 2 fully saturated rings. The number of nitrogens with zero attached hydrogens (tertiary/aromatic N) is 2. The SMILES string of the molecule is O=CN1CCS(=O)(=O)CC1c1cnc(Nc2cc(F)cc(Cl)c2)c2c1C1CCC2CC1. The second kappa shape index (κ2) is 7.74. The molecule has 6 nitrogen and oxygen atoms in total. The number of aromatic nitrogens is 1. The molecule has 2 aromatic rings. The van der Waals surface area contributed by atoms with Gasteiger partial charge in [-0.1, -0.05) is 11.6 Å². The number of hydrogen-bond acceptors (Lipinski definition) is 5. The van der Waals surface area contributed by atoms with E-state index in [1.165, 1.54) is 12.1 Å². The van der Waals surface area contributed by atoms with Crippen molar-refractivity contribution in [2.45, 2.75) is 43.6 Å². The second-order valence-corrected chi connectivity index (χ2v) is 11.4. The second-order valence-electron chi connectivity index (χ2n) is 8.69. The van der Waals surface area contributed by atoms with Gasteiger partial charge in [-0.25, -0.2) is 17.8 Å². The summed E-state index contributed by atoms with van der Waals surface area (Å²) in [5, 5.41) is 3.53. The molecular weight excluding hydrogens is 441 g/mol. The van der Waals surface area contributed by atoms with Crippen LogP contribution in [0.25, 0.3) is 0 Å². The monoisotopic (exact) mass is 463 g/mol. The maximum absolute atomic E-state index is 13.8. The summed E-state index contributed by atoms with van der Waals surface area (Å²) in [6, 6.07) is 3.75. The Morgan fingerprint density at radius 3 is 2.52 bits per heavy atom. The van der Waals surface area contributed by atoms with Crippen molar-refractivity contribution in [1.82, 2.24) is 9.88 Å². The van der Waals surface area contributed by atoms with Gasteiger partial charge in [0.2, 0.25) is 6.41 Å². The number of rotatable bonds is 4. The zero-order chi connectivity index (χ0) is 21.8. The van der Waals surface area contributed by atoms with E-state index >= 15 is 0 Å². The number of hydrogen-bond donors (Lipinski definition) is 1. The Morgan fingerprint density at radius 1 is 1.13 bits per heavy atom. The third-order valence-electron chi connectivity index (χ3n) is 6.83. The lowest BCUT2D eigenvalue weighted by Gasteiger charge is -2.43. The molecule has 1 amide bonds. The van der Waals surface area contributed by atoms with E-state index in [0.29, 0.717) is 28.4 Å². The molecule has 2 heterocycles. The summed E-state index contributed by atoms with van der Waals surface area (Å²) in [7, 11) is -3.23. The van der Waals surface area contributed by atoms with E-state index in [9.17, 15) is 17.6 Å². The highest BCUT2D eigenvalue weighted by molar-refractivity contribution is 7.91. The lowest BCUT2D eigenvalue weighted by atomic mass is 9.65. The van der Waals surface area contributed by atoms with E-state index < -0.39 is 21.7 Å². The molecule has 1 N–H and O–H groups in total. The number of halogens is 2. The number of fused-ring (bicyclic) bond motifs is 2. The molecule has 1 aromatic carbocycles. The van der Waals surface area contributed by atoms with Gasteiger partial charge in [-0.05, 0) is 66.8 Å². The highest BCUT2D eigenvalue weighted by Gasteiger charge is 2.41. The van der Waals surface area contributed by atoms with Gasteiger partial charge in [-0.3, -0.25) is 4.79 Å². The van der Waals surface area contributed by atoms with E-state index in [-0.39, 0.29) is 18.1 Å². The van der Waals surface area contributed by atoms with Gasteiger partial charge < -0.3 is 10.2 Å². The predicted octanol–water partition coefficient (Wildman–Crippen LogP) is 4.30. The number of amides is 1. The molecule has 2 bridgehead atoms. The molecule has 1 atom stereocenters. The largest absolute Gasteiger partial charge is 0.340 e. The van der Waals surface area contributed by atoms with Crippen molar-refractivity contribution >= 4 is 39.4 Å². The zero-order valence-corrected chi connectivity index (χ0v) is 18.4. The number of pyridine rings is 1. The molecule has 1 saturated carbocycles. The fraction of sp³-hybridized carbons (Fsp3) is 0.455. The smallest absolute Gasteiger partial charge is 0.210 e. The fourth-order valence-electron chi connectivity index (χ4n) is 5.44. The van der Waals surface area contributed by atoms with Gasteiger partial charge in [0.05, 0.1) is 17.5 Å². The minimum atomic E-state index is -3.23. The minimum Gasteiger partial charge on any atom is -0.340 e. The minimum absolute atomic E-state index is 0.0100. The maximum Gasteiger partial charge on any atom is 0.210 e. The number of nitrogens with one attached hydrogen (secondary N) is 1. The molecule has 1 aromatic heterocycles. The molecule has 4 aliphatic rings. The molecule has 0 radical (unpaired) electrons. The van der Waals surface area contributed by atoms with Crippen LogP contribution < -0.4 is 5.32 Å². The quantitative estimate of drug-likeness (QED) is 0.684. The summed E-state index contributed by atoms with van der Waals surface area (Å²) < 4.78 is 38.6. The Morgan fingerprint density at radius 2 is 1.84 bits per heavy atom. The molecular formula is C22H23ClFN3O3S. The summed E-state index contributed by atoms with van der Waals surface area (Å²) in [6.07, 6.45) is 6.61. The molecule has 31 heavy (non-hydrogen) atoms. The fourth-order valence-corrected chi connectivity index (χ4v) is 7.17. The topological polar surface area (TPSA) is 79.4 Å². The number of carbonyl (C=O) groups excluding carboxylic acids is 1. The van der Waals surface area contributed by atoms with Crippen LogP contribution in [0.4, 0.5) is 15.9 Å². The van der Waals surface area contributed by atoms with E-state index in [2.05, 4.69) is 10.3 Å². The van der Waals surface area contributed by atoms with Crippen LogP contribution in [0.1, 0.15) is 60.3 Å². The zero-order valence-electron chi connectivity index (χ0n) is 16.9. The summed E-state index contributed by atoms with van der Waals surface area (Å²) in [5.74, 6) is 0.756. The van der Waals surface area contributed by atoms with Crippen molar-refractivity contribution in [2.24, 2.45) is 0 Å². The molecule has 0 spiro atoms. The van der Waals surface area contributed by atoms with Crippen LogP contribution >= 0.6 is 11.6 Å². The maximum atomic E-state index is 13.8. The van der Waals surface area contributed by atoms with Crippen molar-refractivity contribution < 1.29 is 17.6 Å². The van der Waals surface area contributed by atoms with Crippen LogP contribution in [0.15, 0.2) is 24.4 Å². The number of benzene rings is 1. The predicted molar refractivity (Wildman–Crippen MR) is 117 cm³/mol. The van der Waals surface area contributed by atoms with E-state index in [1.54, 1.807) is 17.2 Å². The summed E-state index contributed by atoms with van der Waals surface area (Å²) in [5.41, 5.74) is 3.55. The van der Waals surface area contributed by atoms with Crippen LogP contribution in [0.2, 0.25) is 5.02 Å². The molecule has 1 aliphatic heterocycles. The molecule has 9 heteroatoms. The summed E-state index contributed by atoms with van der Waals surface area (Å²) in [4.78, 5) is 17.9. The third-order valence-corrected chi connectivity index (χ3v) is 8.67. The first-order valence-electron chi connectivity index (χ1n) is 10.5. The van der Waals surface area contributed by atoms with Gasteiger partial charge in [-0.15, -0.1) is 0 Å². The van der Waals surface area contributed by atoms with E-state index in [4.69, 9.17) is 11.6 Å². The van der Waals surface area contributed by atoms with Gasteiger partial charge >= 0.3 is 0 Å². The highest BCUT2D eigenvalue weighted by Crippen LogP contribution is 2.54. The standard InChI is InChI=1S/C22H23ClFN3O3S/c23-15-7-16(24)9-17(8-15)26-22-21-14-3-1-13(2-4-14)20(21)18(10-25-22)19-11-31(29,30)6-5-27(19)12-28/h7-10,12-14,19H,1-6,11H2,(H,25,26). The first kappa shape index (κ1) is 20.7. The van der Waals surface area contributed by atoms with Crippen LogP contribution in [0.5, 0.6) is 0 Å². The van der Waals surface area contributed by atoms with Crippen molar-refractivity contribution in [2.75, 3.05) is 23.4 Å². The summed E-state index contributed by atoms with van der Waals surface area (Å²) >= 11 is 6.01. The number of anilines is 2. The van der Waals surface area contributed by atoms with Gasteiger partial charge in [0, 0.05) is 29.0 Å². The van der Waals surface area contributed by atoms with Crippen molar-refractivity contribution in [1.29, 1.82) is 0 Å². The molecule has 1 unspecified atom stereocenters. The first-order valence-corrected chi connectivity index (χ1v) is 12.7. The van der Waals surface area contributed by atoms with Crippen LogP contribution in [0.3, 0.4) is 0 Å². The van der Waals surface area contributed by atoms with Crippen LogP contribution in [-0.2, 0) is 14.6 Å². The normalized spacial score (nSPS) is 26.4. The number of carbonyl (C=O) groups is 1. The highest BCUT2D eigenvalue weighted by atomic mass is 35.5. The average Bonchev–Trinajstić information content (AvgIpc) is 2.73. The Labute approximate surface area is 185 Å².